The van der Waals surface area contributed by atoms with Crippen molar-refractivity contribution in [3.05, 3.63) is 74.2 Å². The van der Waals surface area contributed by atoms with E-state index in [4.69, 9.17) is 16.3 Å². The van der Waals surface area contributed by atoms with Crippen molar-refractivity contribution in [1.29, 1.82) is 0 Å². The number of rotatable bonds is 6. The van der Waals surface area contributed by atoms with E-state index in [9.17, 15) is 19.7 Å². The lowest BCUT2D eigenvalue weighted by Crippen LogP contribution is -2.22. The minimum absolute atomic E-state index is 0.0645. The lowest BCUT2D eigenvalue weighted by molar-refractivity contribution is -0.384. The molecule has 0 fully saturated rings. The van der Waals surface area contributed by atoms with Crippen LogP contribution in [0.4, 0.5) is 11.4 Å². The number of nitro groups is 1. The number of esters is 1. The fourth-order valence-corrected chi connectivity index (χ4v) is 3.36. The summed E-state index contributed by atoms with van der Waals surface area (Å²) in [6.45, 7) is 1.03. The SMILES string of the molecule is Cc1cccc([N+](=O)[O-])c1NC(=O)COC(=O)c1csc(-c2ccc(Cl)cc2)n1. The van der Waals surface area contributed by atoms with Crippen molar-refractivity contribution in [2.24, 2.45) is 0 Å². The Balaban J connectivity index is 1.62. The lowest BCUT2D eigenvalue weighted by atomic mass is 10.1. The van der Waals surface area contributed by atoms with E-state index in [2.05, 4.69) is 10.3 Å². The maximum Gasteiger partial charge on any atom is 0.358 e. The van der Waals surface area contributed by atoms with Gasteiger partial charge in [0, 0.05) is 22.0 Å². The van der Waals surface area contributed by atoms with Gasteiger partial charge in [0.15, 0.2) is 12.3 Å². The molecule has 29 heavy (non-hydrogen) atoms. The lowest BCUT2D eigenvalue weighted by Gasteiger charge is -2.09. The van der Waals surface area contributed by atoms with Crippen molar-refractivity contribution in [3.63, 3.8) is 0 Å². The molecule has 0 bridgehead atoms. The van der Waals surface area contributed by atoms with Crippen molar-refractivity contribution in [3.8, 4) is 10.6 Å². The van der Waals surface area contributed by atoms with E-state index in [0.717, 1.165) is 5.56 Å². The number of carbonyl (C=O) groups is 2. The predicted octanol–water partition coefficient (Wildman–Crippen LogP) is 4.48. The molecule has 1 heterocycles. The second-order valence-electron chi connectivity index (χ2n) is 5.90. The Morgan fingerprint density at radius 1 is 1.24 bits per heavy atom. The molecule has 0 aliphatic carbocycles. The van der Waals surface area contributed by atoms with Gasteiger partial charge < -0.3 is 10.1 Å². The summed E-state index contributed by atoms with van der Waals surface area (Å²) in [5.41, 5.74) is 1.21. The number of halogens is 1. The first kappa shape index (κ1) is 20.4. The third-order valence-corrected chi connectivity index (χ3v) is 4.99. The highest BCUT2D eigenvalue weighted by molar-refractivity contribution is 7.13. The van der Waals surface area contributed by atoms with Gasteiger partial charge in [-0.3, -0.25) is 14.9 Å². The smallest absolute Gasteiger partial charge is 0.358 e. The van der Waals surface area contributed by atoms with Gasteiger partial charge in [-0.15, -0.1) is 11.3 Å². The van der Waals surface area contributed by atoms with Crippen LogP contribution >= 0.6 is 22.9 Å². The van der Waals surface area contributed by atoms with Crippen LogP contribution in [0.5, 0.6) is 0 Å². The molecule has 2 aromatic carbocycles. The highest BCUT2D eigenvalue weighted by atomic mass is 35.5. The van der Waals surface area contributed by atoms with Crippen molar-refractivity contribution >= 4 is 46.2 Å². The molecular formula is C19H14ClN3O5S. The summed E-state index contributed by atoms with van der Waals surface area (Å²) in [6, 6.07) is 11.4. The molecule has 8 nitrogen and oxygen atoms in total. The van der Waals surface area contributed by atoms with E-state index >= 15 is 0 Å². The largest absolute Gasteiger partial charge is 0.451 e. The molecule has 3 rings (SSSR count). The molecule has 10 heteroatoms. The monoisotopic (exact) mass is 431 g/mol. The van der Waals surface area contributed by atoms with E-state index in [1.54, 1.807) is 37.3 Å². The number of aromatic nitrogens is 1. The Morgan fingerprint density at radius 2 is 1.97 bits per heavy atom. The van der Waals surface area contributed by atoms with Crippen LogP contribution in [0, 0.1) is 17.0 Å². The topological polar surface area (TPSA) is 111 Å². The molecule has 0 atom stereocenters. The zero-order chi connectivity index (χ0) is 21.0. The number of thiazole rings is 1. The number of anilines is 1. The molecule has 0 saturated heterocycles. The fourth-order valence-electron chi connectivity index (χ4n) is 2.44. The summed E-state index contributed by atoms with van der Waals surface area (Å²) >= 11 is 7.10. The van der Waals surface area contributed by atoms with E-state index in [1.165, 1.54) is 28.8 Å². The molecule has 3 aromatic rings. The summed E-state index contributed by atoms with van der Waals surface area (Å²) < 4.78 is 4.97. The zero-order valence-corrected chi connectivity index (χ0v) is 16.6. The van der Waals surface area contributed by atoms with Crippen LogP contribution in [0.1, 0.15) is 16.1 Å². The Morgan fingerprint density at radius 3 is 2.66 bits per heavy atom. The standard InChI is InChI=1S/C19H14ClN3O5S/c1-11-3-2-4-15(23(26)27)17(11)22-16(24)9-28-19(25)14-10-29-18(21-14)12-5-7-13(20)8-6-12/h2-8,10H,9H2,1H3,(H,22,24). The van der Waals surface area contributed by atoms with Gasteiger partial charge in [-0.1, -0.05) is 35.9 Å². The predicted molar refractivity (Wildman–Crippen MR) is 109 cm³/mol. The second-order valence-corrected chi connectivity index (χ2v) is 7.19. The van der Waals surface area contributed by atoms with E-state index < -0.39 is 23.4 Å². The molecule has 148 valence electrons. The first-order valence-corrected chi connectivity index (χ1v) is 9.53. The summed E-state index contributed by atoms with van der Waals surface area (Å²) in [6.07, 6.45) is 0. The molecule has 0 aliphatic rings. The van der Waals surface area contributed by atoms with Gasteiger partial charge in [0.1, 0.15) is 10.7 Å². The zero-order valence-electron chi connectivity index (χ0n) is 15.0. The van der Waals surface area contributed by atoms with Crippen molar-refractivity contribution < 1.29 is 19.2 Å². The van der Waals surface area contributed by atoms with Crippen LogP contribution in [0.3, 0.4) is 0 Å². The number of nitro benzene ring substituents is 1. The van der Waals surface area contributed by atoms with Gasteiger partial charge in [-0.05, 0) is 24.6 Å². The number of carbonyl (C=O) groups excluding carboxylic acids is 2. The number of hydrogen-bond acceptors (Lipinski definition) is 7. The first-order chi connectivity index (χ1) is 13.8. The fraction of sp³-hybridized carbons (Fsp3) is 0.105. The van der Waals surface area contributed by atoms with Crippen molar-refractivity contribution in [2.75, 3.05) is 11.9 Å². The van der Waals surface area contributed by atoms with E-state index in [0.29, 0.717) is 15.6 Å². The van der Waals surface area contributed by atoms with Crippen molar-refractivity contribution in [1.82, 2.24) is 4.98 Å². The normalized spacial score (nSPS) is 10.4. The molecule has 0 aliphatic heterocycles. The van der Waals surface area contributed by atoms with E-state index in [-0.39, 0.29) is 17.1 Å². The second kappa shape index (κ2) is 8.80. The molecule has 0 spiro atoms. The Labute approximate surface area is 174 Å². The average molecular weight is 432 g/mol. The molecule has 0 saturated carbocycles. The molecule has 1 amide bonds. The summed E-state index contributed by atoms with van der Waals surface area (Å²) in [5.74, 6) is -1.46. The number of aryl methyl sites for hydroxylation is 1. The number of hydrogen-bond donors (Lipinski definition) is 1. The van der Waals surface area contributed by atoms with E-state index in [1.807, 2.05) is 0 Å². The highest BCUT2D eigenvalue weighted by Crippen LogP contribution is 2.28. The molecule has 0 radical (unpaired) electrons. The number of ether oxygens (including phenoxy) is 1. The minimum Gasteiger partial charge on any atom is -0.451 e. The van der Waals surface area contributed by atoms with Gasteiger partial charge in [0.2, 0.25) is 0 Å². The third-order valence-electron chi connectivity index (χ3n) is 3.85. The Hall–Kier alpha value is -3.30. The molecule has 1 N–H and O–H groups in total. The van der Waals surface area contributed by atoms with Crippen LogP contribution < -0.4 is 5.32 Å². The quantitative estimate of drug-likeness (QED) is 0.350. The molecule has 0 unspecified atom stereocenters. The van der Waals surface area contributed by atoms with Crippen LogP contribution in [0.25, 0.3) is 10.6 Å². The number of nitrogens with one attached hydrogen (secondary N) is 1. The van der Waals surface area contributed by atoms with Crippen LogP contribution in [0.15, 0.2) is 47.8 Å². The number of nitrogens with zero attached hydrogens (tertiary/aromatic N) is 2. The van der Waals surface area contributed by atoms with Gasteiger partial charge in [-0.2, -0.15) is 0 Å². The van der Waals surface area contributed by atoms with Crippen molar-refractivity contribution in [2.45, 2.75) is 6.92 Å². The van der Waals surface area contributed by atoms with Gasteiger partial charge in [0.25, 0.3) is 11.6 Å². The number of benzene rings is 2. The first-order valence-electron chi connectivity index (χ1n) is 8.27. The Bertz CT molecular complexity index is 1080. The van der Waals surface area contributed by atoms with Crippen LogP contribution in [-0.2, 0) is 9.53 Å². The maximum absolute atomic E-state index is 12.2. The summed E-state index contributed by atoms with van der Waals surface area (Å²) in [4.78, 5) is 39.0. The van der Waals surface area contributed by atoms with Crippen LogP contribution in [0.2, 0.25) is 5.02 Å². The third kappa shape index (κ3) is 4.95. The summed E-state index contributed by atoms with van der Waals surface area (Å²) in [5, 5.41) is 16.2. The average Bonchev–Trinajstić information content (AvgIpc) is 3.18. The molecular weight excluding hydrogens is 418 g/mol. The van der Waals surface area contributed by atoms with Gasteiger partial charge >= 0.3 is 5.97 Å². The number of para-hydroxylation sites is 1. The maximum atomic E-state index is 12.2. The van der Waals surface area contributed by atoms with Crippen LogP contribution in [-0.4, -0.2) is 28.4 Å². The minimum atomic E-state index is -0.768. The summed E-state index contributed by atoms with van der Waals surface area (Å²) in [7, 11) is 0. The Kier molecular flexibility index (Phi) is 6.20. The molecule has 1 aromatic heterocycles. The number of amides is 1. The highest BCUT2D eigenvalue weighted by Gasteiger charge is 2.19. The van der Waals surface area contributed by atoms with Gasteiger partial charge in [0.05, 0.1) is 4.92 Å². The van der Waals surface area contributed by atoms with Gasteiger partial charge in [-0.25, -0.2) is 9.78 Å².